The number of rotatable bonds is 22. The molecule has 0 saturated carbocycles. The van der Waals surface area contributed by atoms with Gasteiger partial charge in [0, 0.05) is 5.92 Å². The van der Waals surface area contributed by atoms with Crippen LogP contribution >= 0.6 is 0 Å². The molecule has 29 heavy (non-hydrogen) atoms. The third-order valence-electron chi connectivity index (χ3n) is 6.06. The molecule has 0 saturated heterocycles. The van der Waals surface area contributed by atoms with Crippen LogP contribution in [0.4, 0.5) is 0 Å². The molecule has 3 nitrogen and oxygen atoms in total. The Labute approximate surface area is 183 Å². The van der Waals surface area contributed by atoms with Crippen LogP contribution < -0.4 is 0 Å². The Bertz CT molecular complexity index is 305. The van der Waals surface area contributed by atoms with Crippen LogP contribution in [0.3, 0.4) is 0 Å². The van der Waals surface area contributed by atoms with Gasteiger partial charge in [-0.15, -0.1) is 0 Å². The molecule has 0 aliphatic rings. The molecule has 0 radical (unpaired) electrons. The Morgan fingerprint density at radius 2 is 0.966 bits per heavy atom. The zero-order valence-electron chi connectivity index (χ0n) is 20.9. The summed E-state index contributed by atoms with van der Waals surface area (Å²) in [5.74, 6) is -0.0435. The maximum atomic E-state index is 6.50. The van der Waals surface area contributed by atoms with Crippen molar-refractivity contribution in [1.82, 2.24) is 0 Å². The Morgan fingerprint density at radius 3 is 1.38 bits per heavy atom. The zero-order chi connectivity index (χ0) is 21.8. The number of unbranched alkanes of at least 4 members (excludes halogenated alkanes) is 8. The van der Waals surface area contributed by atoms with Crippen molar-refractivity contribution >= 4 is 0 Å². The summed E-state index contributed by atoms with van der Waals surface area (Å²) in [7, 11) is 0. The summed E-state index contributed by atoms with van der Waals surface area (Å²) in [5.41, 5.74) is 0. The summed E-state index contributed by atoms with van der Waals surface area (Å²) in [6.07, 6.45) is 16.7. The van der Waals surface area contributed by atoms with Gasteiger partial charge in [0.2, 0.25) is 0 Å². The maximum Gasteiger partial charge on any atom is 0.286 e. The van der Waals surface area contributed by atoms with E-state index in [-0.39, 0.29) is 0 Å². The van der Waals surface area contributed by atoms with Gasteiger partial charge in [-0.2, -0.15) is 0 Å². The highest BCUT2D eigenvalue weighted by atomic mass is 16.9. The van der Waals surface area contributed by atoms with Gasteiger partial charge in [0.1, 0.15) is 0 Å². The van der Waals surface area contributed by atoms with Gasteiger partial charge in [0.05, 0.1) is 19.8 Å². The molecular formula is C26H54O3. The monoisotopic (exact) mass is 414 g/mol. The van der Waals surface area contributed by atoms with E-state index in [1.54, 1.807) is 0 Å². The molecule has 0 heterocycles. The second kappa shape index (κ2) is 19.8. The molecule has 0 aromatic heterocycles. The van der Waals surface area contributed by atoms with E-state index in [9.17, 15) is 0 Å². The molecule has 0 fully saturated rings. The van der Waals surface area contributed by atoms with Gasteiger partial charge in [-0.25, -0.2) is 0 Å². The van der Waals surface area contributed by atoms with E-state index >= 15 is 0 Å². The molecule has 0 aromatic carbocycles. The fourth-order valence-corrected chi connectivity index (χ4v) is 3.76. The first kappa shape index (κ1) is 28.9. The van der Waals surface area contributed by atoms with Crippen molar-refractivity contribution < 1.29 is 14.2 Å². The van der Waals surface area contributed by atoms with Crippen LogP contribution in [0.2, 0.25) is 0 Å². The summed E-state index contributed by atoms with van der Waals surface area (Å²) < 4.78 is 19.5. The molecule has 0 spiro atoms. The fraction of sp³-hybridized carbons (Fsp3) is 1.00. The van der Waals surface area contributed by atoms with E-state index in [1.165, 1.54) is 38.5 Å². The smallest absolute Gasteiger partial charge is 0.286 e. The highest BCUT2D eigenvalue weighted by molar-refractivity contribution is 4.77. The van der Waals surface area contributed by atoms with Crippen molar-refractivity contribution in [3.63, 3.8) is 0 Å². The number of ether oxygens (including phenoxy) is 3. The number of hydrogen-bond donors (Lipinski definition) is 0. The van der Waals surface area contributed by atoms with E-state index in [0.717, 1.165) is 71.2 Å². The summed E-state index contributed by atoms with van der Waals surface area (Å²) in [6, 6.07) is 0. The SMILES string of the molecule is CCCCCCCCC(C(C)CC)C(OCCCC)(OCCCC)OCCCC. The zero-order valence-corrected chi connectivity index (χ0v) is 20.9. The summed E-state index contributed by atoms with van der Waals surface area (Å²) in [5, 5.41) is 0. The van der Waals surface area contributed by atoms with Crippen LogP contribution in [0.5, 0.6) is 0 Å². The average molecular weight is 415 g/mol. The molecule has 2 unspecified atom stereocenters. The maximum absolute atomic E-state index is 6.50. The van der Waals surface area contributed by atoms with Crippen LogP contribution in [-0.4, -0.2) is 25.8 Å². The molecule has 0 aliphatic heterocycles. The van der Waals surface area contributed by atoms with Crippen molar-refractivity contribution in [1.29, 1.82) is 0 Å². The van der Waals surface area contributed by atoms with Crippen LogP contribution in [0.15, 0.2) is 0 Å². The molecule has 0 aliphatic carbocycles. The van der Waals surface area contributed by atoms with Gasteiger partial charge < -0.3 is 14.2 Å². The molecule has 2 atom stereocenters. The quantitative estimate of drug-likeness (QED) is 0.131. The second-order valence-electron chi connectivity index (χ2n) is 8.76. The standard InChI is InChI=1S/C26H54O3/c1-7-12-16-17-18-19-20-25(24(6)11-5)26(27-21-13-8-2,28-22-14-9-3)29-23-15-10-4/h24-25H,7-23H2,1-6H3. The summed E-state index contributed by atoms with van der Waals surface area (Å²) in [6.45, 7) is 15.7. The first-order chi connectivity index (χ1) is 14.1. The molecule has 0 rings (SSSR count). The lowest BCUT2D eigenvalue weighted by Gasteiger charge is -2.42. The molecular weight excluding hydrogens is 360 g/mol. The lowest BCUT2D eigenvalue weighted by Crippen LogP contribution is -2.49. The first-order valence-electron chi connectivity index (χ1n) is 13.0. The normalized spacial score (nSPS) is 14.3. The fourth-order valence-electron chi connectivity index (χ4n) is 3.76. The summed E-state index contributed by atoms with van der Waals surface area (Å²) >= 11 is 0. The van der Waals surface area contributed by atoms with Gasteiger partial charge >= 0.3 is 0 Å². The highest BCUT2D eigenvalue weighted by Crippen LogP contribution is 2.38. The number of hydrogen-bond acceptors (Lipinski definition) is 3. The largest absolute Gasteiger partial charge is 0.327 e. The Hall–Kier alpha value is -0.120. The molecule has 0 N–H and O–H groups in total. The van der Waals surface area contributed by atoms with Crippen molar-refractivity contribution in [3.05, 3.63) is 0 Å². The Morgan fingerprint density at radius 1 is 0.552 bits per heavy atom. The minimum Gasteiger partial charge on any atom is -0.327 e. The molecule has 0 bridgehead atoms. The second-order valence-corrected chi connectivity index (χ2v) is 8.76. The van der Waals surface area contributed by atoms with Crippen molar-refractivity contribution in [3.8, 4) is 0 Å². The lowest BCUT2D eigenvalue weighted by atomic mass is 9.84. The summed E-state index contributed by atoms with van der Waals surface area (Å²) in [4.78, 5) is 0. The lowest BCUT2D eigenvalue weighted by molar-refractivity contribution is -0.412. The van der Waals surface area contributed by atoms with Crippen molar-refractivity contribution in [2.24, 2.45) is 11.8 Å². The van der Waals surface area contributed by atoms with Crippen LogP contribution in [-0.2, 0) is 14.2 Å². The minimum absolute atomic E-state index is 0.296. The van der Waals surface area contributed by atoms with Crippen LogP contribution in [0.25, 0.3) is 0 Å². The van der Waals surface area contributed by atoms with E-state index in [2.05, 4.69) is 41.5 Å². The van der Waals surface area contributed by atoms with E-state index in [0.29, 0.717) is 11.8 Å². The topological polar surface area (TPSA) is 27.7 Å². The minimum atomic E-state index is -0.863. The Kier molecular flexibility index (Phi) is 19.7. The highest BCUT2D eigenvalue weighted by Gasteiger charge is 2.44. The molecule has 0 amide bonds. The molecule has 0 aromatic rings. The van der Waals surface area contributed by atoms with Gasteiger partial charge in [-0.05, 0) is 31.6 Å². The predicted molar refractivity (Wildman–Crippen MR) is 126 cm³/mol. The third kappa shape index (κ3) is 13.0. The van der Waals surface area contributed by atoms with Crippen LogP contribution in [0, 0.1) is 11.8 Å². The first-order valence-corrected chi connectivity index (χ1v) is 13.0. The predicted octanol–water partition coefficient (Wildman–Crippen LogP) is 8.50. The van der Waals surface area contributed by atoms with Crippen molar-refractivity contribution in [2.45, 2.75) is 137 Å². The Balaban J connectivity index is 5.30. The van der Waals surface area contributed by atoms with Gasteiger partial charge in [-0.1, -0.05) is 106 Å². The van der Waals surface area contributed by atoms with Crippen molar-refractivity contribution in [2.75, 3.05) is 19.8 Å². The van der Waals surface area contributed by atoms with Crippen LogP contribution in [0.1, 0.15) is 131 Å². The third-order valence-corrected chi connectivity index (χ3v) is 6.06. The van der Waals surface area contributed by atoms with E-state index < -0.39 is 5.97 Å². The van der Waals surface area contributed by atoms with Gasteiger partial charge in [-0.3, -0.25) is 0 Å². The van der Waals surface area contributed by atoms with Gasteiger partial charge in [0.15, 0.2) is 0 Å². The molecule has 176 valence electrons. The average Bonchev–Trinajstić information content (AvgIpc) is 2.73. The van der Waals surface area contributed by atoms with E-state index in [4.69, 9.17) is 14.2 Å². The van der Waals surface area contributed by atoms with E-state index in [1.807, 2.05) is 0 Å². The van der Waals surface area contributed by atoms with Gasteiger partial charge in [0.25, 0.3) is 5.97 Å². The molecule has 3 heteroatoms.